The predicted octanol–water partition coefficient (Wildman–Crippen LogP) is 3.23. The molecule has 1 saturated carbocycles. The van der Waals surface area contributed by atoms with Crippen LogP contribution in [0.1, 0.15) is 41.7 Å². The number of aromatic nitrogens is 2. The van der Waals surface area contributed by atoms with Crippen molar-refractivity contribution in [2.45, 2.75) is 37.6 Å². The van der Waals surface area contributed by atoms with Gasteiger partial charge in [0.05, 0.1) is 12.7 Å². The first-order valence-corrected chi connectivity index (χ1v) is 9.75. The third-order valence-electron chi connectivity index (χ3n) is 5.79. The maximum absolute atomic E-state index is 11.9. The van der Waals surface area contributed by atoms with Gasteiger partial charge in [-0.25, -0.2) is 0 Å². The van der Waals surface area contributed by atoms with Crippen molar-refractivity contribution < 1.29 is 9.90 Å². The molecule has 148 valence electrons. The molecule has 1 aromatic heterocycles. The van der Waals surface area contributed by atoms with Crippen LogP contribution >= 0.6 is 0 Å². The lowest BCUT2D eigenvalue weighted by molar-refractivity contribution is 0.0990. The summed E-state index contributed by atoms with van der Waals surface area (Å²) >= 11 is 0. The van der Waals surface area contributed by atoms with Gasteiger partial charge in [-0.15, -0.1) is 0 Å². The van der Waals surface area contributed by atoms with Gasteiger partial charge in [-0.3, -0.25) is 14.3 Å². The zero-order valence-electron chi connectivity index (χ0n) is 16.0. The van der Waals surface area contributed by atoms with E-state index < -0.39 is 22.8 Å². The van der Waals surface area contributed by atoms with Gasteiger partial charge >= 0.3 is 0 Å². The first kappa shape index (κ1) is 18.9. The Labute approximate surface area is 168 Å². The number of benzene rings is 2. The third-order valence-corrected chi connectivity index (χ3v) is 5.79. The monoisotopic (exact) mass is 389 g/mol. The largest absolute Gasteiger partial charge is 0.503 e. The van der Waals surface area contributed by atoms with Gasteiger partial charge in [-0.05, 0) is 29.5 Å². The van der Waals surface area contributed by atoms with Crippen molar-refractivity contribution in [2.24, 2.45) is 5.73 Å². The molecule has 2 aromatic carbocycles. The van der Waals surface area contributed by atoms with Gasteiger partial charge in [-0.1, -0.05) is 67.4 Å². The molecule has 3 N–H and O–H groups in total. The number of carbonyl (C=O) groups is 1. The molecule has 1 fully saturated rings. The molecule has 3 aromatic rings. The second-order valence-corrected chi connectivity index (χ2v) is 7.69. The van der Waals surface area contributed by atoms with E-state index in [9.17, 15) is 14.7 Å². The van der Waals surface area contributed by atoms with Crippen molar-refractivity contribution in [2.75, 3.05) is 0 Å². The van der Waals surface area contributed by atoms with Crippen LogP contribution in [0.4, 0.5) is 0 Å². The molecule has 4 rings (SSSR count). The lowest BCUT2D eigenvalue weighted by Gasteiger charge is -2.31. The molecule has 0 spiro atoms. The van der Waals surface area contributed by atoms with Crippen molar-refractivity contribution in [1.29, 1.82) is 0 Å². The summed E-state index contributed by atoms with van der Waals surface area (Å²) in [7, 11) is 0. The third kappa shape index (κ3) is 3.66. The number of carbonyl (C=O) groups excluding carboxylic acids is 1. The maximum atomic E-state index is 11.9. The van der Waals surface area contributed by atoms with Crippen molar-refractivity contribution in [1.82, 2.24) is 9.78 Å². The Morgan fingerprint density at radius 2 is 1.76 bits per heavy atom. The summed E-state index contributed by atoms with van der Waals surface area (Å²) in [6.45, 7) is 0.458. The zero-order chi connectivity index (χ0) is 20.4. The fourth-order valence-electron chi connectivity index (χ4n) is 4.33. The Balaban J connectivity index is 1.75. The van der Waals surface area contributed by atoms with Crippen LogP contribution in [0.3, 0.4) is 0 Å². The minimum absolute atomic E-state index is 0.186. The number of aromatic hydroxyl groups is 1. The minimum atomic E-state index is -0.939. The number of nitrogens with zero attached hydrogens (tertiary/aromatic N) is 2. The number of rotatable bonds is 5. The molecule has 6 nitrogen and oxygen atoms in total. The van der Waals surface area contributed by atoms with Crippen LogP contribution in [0.25, 0.3) is 11.1 Å². The fourth-order valence-corrected chi connectivity index (χ4v) is 4.33. The molecule has 1 amide bonds. The predicted molar refractivity (Wildman–Crippen MR) is 111 cm³/mol. The van der Waals surface area contributed by atoms with Crippen molar-refractivity contribution in [3.63, 3.8) is 0 Å². The normalized spacial score (nSPS) is 15.3. The van der Waals surface area contributed by atoms with E-state index in [-0.39, 0.29) is 5.41 Å². The molecule has 1 aliphatic carbocycles. The fraction of sp³-hybridized carbons (Fsp3) is 0.261. The van der Waals surface area contributed by atoms with Crippen LogP contribution in [0, 0.1) is 0 Å². The number of hydrogen-bond acceptors (Lipinski definition) is 4. The molecule has 1 heterocycles. The average molecular weight is 389 g/mol. The molecule has 6 heteroatoms. The Morgan fingerprint density at radius 3 is 2.45 bits per heavy atom. The molecule has 0 atom stereocenters. The van der Waals surface area contributed by atoms with Gasteiger partial charge in [0.2, 0.25) is 0 Å². The van der Waals surface area contributed by atoms with Gasteiger partial charge in [0, 0.05) is 5.41 Å². The topological polar surface area (TPSA) is 98.2 Å². The second-order valence-electron chi connectivity index (χ2n) is 7.69. The van der Waals surface area contributed by atoms with E-state index in [1.54, 1.807) is 0 Å². The molecule has 0 saturated heterocycles. The molecular weight excluding hydrogens is 366 g/mol. The lowest BCUT2D eigenvalue weighted by Crippen LogP contribution is -2.33. The standard InChI is InChI=1S/C23H23N3O3/c24-22(29)20-21(28)19(27)14-26(25-20)15-23(11-4-5-12-23)18-10-6-9-17(13-18)16-7-2-1-3-8-16/h1-3,6-10,13-14,27H,4-5,11-12,15H2,(H2,24,29). The van der Waals surface area contributed by atoms with E-state index in [0.29, 0.717) is 6.54 Å². The van der Waals surface area contributed by atoms with Crippen LogP contribution in [0.2, 0.25) is 0 Å². The zero-order valence-corrected chi connectivity index (χ0v) is 16.0. The highest BCUT2D eigenvalue weighted by molar-refractivity contribution is 5.90. The SMILES string of the molecule is NC(=O)c1nn(CC2(c3cccc(-c4ccccc4)c3)CCCC2)cc(O)c1=O. The first-order valence-electron chi connectivity index (χ1n) is 9.75. The summed E-state index contributed by atoms with van der Waals surface area (Å²) in [4.78, 5) is 23.5. The van der Waals surface area contributed by atoms with Gasteiger partial charge in [-0.2, -0.15) is 5.10 Å². The van der Waals surface area contributed by atoms with E-state index >= 15 is 0 Å². The van der Waals surface area contributed by atoms with Crippen molar-refractivity contribution in [3.05, 3.63) is 82.3 Å². The smallest absolute Gasteiger partial charge is 0.273 e. The number of amides is 1. The van der Waals surface area contributed by atoms with E-state index in [4.69, 9.17) is 5.73 Å². The number of hydrogen-bond donors (Lipinski definition) is 2. The van der Waals surface area contributed by atoms with Gasteiger partial charge in [0.25, 0.3) is 11.3 Å². The van der Waals surface area contributed by atoms with E-state index in [2.05, 4.69) is 41.5 Å². The Bertz CT molecular complexity index is 1100. The van der Waals surface area contributed by atoms with Crippen LogP contribution in [-0.4, -0.2) is 20.8 Å². The summed E-state index contributed by atoms with van der Waals surface area (Å²) in [6, 6.07) is 18.7. The van der Waals surface area contributed by atoms with Gasteiger partial charge in [0.1, 0.15) is 0 Å². The Hall–Kier alpha value is -3.41. The van der Waals surface area contributed by atoms with Crippen LogP contribution in [0.5, 0.6) is 5.75 Å². The minimum Gasteiger partial charge on any atom is -0.503 e. The van der Waals surface area contributed by atoms with Crippen LogP contribution in [-0.2, 0) is 12.0 Å². The first-order chi connectivity index (χ1) is 14.0. The quantitative estimate of drug-likeness (QED) is 0.700. The van der Waals surface area contributed by atoms with E-state index in [0.717, 1.165) is 36.8 Å². The van der Waals surface area contributed by atoms with Gasteiger partial charge in [0.15, 0.2) is 11.4 Å². The summed E-state index contributed by atoms with van der Waals surface area (Å²) in [5.74, 6) is -1.45. The summed E-state index contributed by atoms with van der Waals surface area (Å²) in [5, 5.41) is 14.1. The molecule has 0 bridgehead atoms. The highest BCUT2D eigenvalue weighted by Crippen LogP contribution is 2.43. The van der Waals surface area contributed by atoms with Crippen LogP contribution < -0.4 is 11.2 Å². The highest BCUT2D eigenvalue weighted by Gasteiger charge is 2.36. The highest BCUT2D eigenvalue weighted by atomic mass is 16.3. The molecule has 29 heavy (non-hydrogen) atoms. The van der Waals surface area contributed by atoms with E-state index in [1.807, 2.05) is 18.2 Å². The number of nitrogens with two attached hydrogens (primary N) is 1. The summed E-state index contributed by atoms with van der Waals surface area (Å²) in [5.41, 5.74) is 7.29. The molecule has 0 radical (unpaired) electrons. The molecular formula is C23H23N3O3. The lowest BCUT2D eigenvalue weighted by atomic mass is 9.78. The van der Waals surface area contributed by atoms with Crippen LogP contribution in [0.15, 0.2) is 65.6 Å². The number of primary amides is 1. The van der Waals surface area contributed by atoms with Gasteiger partial charge < -0.3 is 10.8 Å². The second kappa shape index (κ2) is 7.54. The molecule has 1 aliphatic rings. The Morgan fingerprint density at radius 1 is 1.07 bits per heavy atom. The molecule has 0 unspecified atom stereocenters. The van der Waals surface area contributed by atoms with Crippen molar-refractivity contribution in [3.8, 4) is 16.9 Å². The van der Waals surface area contributed by atoms with E-state index in [1.165, 1.54) is 16.4 Å². The Kier molecular flexibility index (Phi) is 4.92. The van der Waals surface area contributed by atoms with Crippen molar-refractivity contribution >= 4 is 5.91 Å². The summed E-state index contributed by atoms with van der Waals surface area (Å²) < 4.78 is 1.48. The maximum Gasteiger partial charge on any atom is 0.273 e. The average Bonchev–Trinajstić information content (AvgIpc) is 3.21. The summed E-state index contributed by atoms with van der Waals surface area (Å²) in [6.07, 6.45) is 5.39. The molecule has 0 aliphatic heterocycles.